The summed E-state index contributed by atoms with van der Waals surface area (Å²) >= 11 is 6.01. The topological polar surface area (TPSA) is 87.1 Å². The van der Waals surface area contributed by atoms with Gasteiger partial charge in [0.2, 0.25) is 0 Å². The van der Waals surface area contributed by atoms with Gasteiger partial charge in [-0.3, -0.25) is 4.68 Å². The van der Waals surface area contributed by atoms with Crippen molar-refractivity contribution in [2.45, 2.75) is 19.4 Å². The Morgan fingerprint density at radius 1 is 1.11 bits per heavy atom. The first-order chi connectivity index (χ1) is 18.3. The van der Waals surface area contributed by atoms with Crippen LogP contribution in [0.25, 0.3) is 16.6 Å². The van der Waals surface area contributed by atoms with E-state index in [9.17, 15) is 5.11 Å². The SMILES string of the molecule is C=C/C(=C\N=C(C)N1CCN(c2ncnn3cc(-c4cnn(C)c4)cc23)CC1)[C@](C)(O)c1ccc(Cl)cc1. The van der Waals surface area contributed by atoms with Gasteiger partial charge in [0.1, 0.15) is 23.3 Å². The minimum absolute atomic E-state index is 0.610. The molecular formula is C28H31ClN8O. The van der Waals surface area contributed by atoms with Crippen LogP contribution in [0.15, 0.2) is 84.7 Å². The second-order valence-electron chi connectivity index (χ2n) is 9.56. The summed E-state index contributed by atoms with van der Waals surface area (Å²) in [5.41, 5.74) is 3.16. The summed E-state index contributed by atoms with van der Waals surface area (Å²) in [7, 11) is 1.91. The summed E-state index contributed by atoms with van der Waals surface area (Å²) in [5.74, 6) is 1.79. The van der Waals surface area contributed by atoms with Crippen LogP contribution in [-0.4, -0.2) is 66.4 Å². The van der Waals surface area contributed by atoms with Gasteiger partial charge >= 0.3 is 0 Å². The van der Waals surface area contributed by atoms with Crippen molar-refractivity contribution >= 4 is 28.8 Å². The molecule has 9 nitrogen and oxygen atoms in total. The Morgan fingerprint density at radius 2 is 1.84 bits per heavy atom. The average Bonchev–Trinajstić information content (AvgIpc) is 3.55. The molecular weight excluding hydrogens is 500 g/mol. The molecule has 0 amide bonds. The third-order valence-electron chi connectivity index (χ3n) is 7.04. The lowest BCUT2D eigenvalue weighted by atomic mass is 9.88. The standard InChI is InChI=1S/C28H31ClN8O/c1-5-23(28(3,38)24-6-8-25(29)9-7-24)16-30-20(2)35-10-12-36(13-11-35)27-26-14-21(18-37(26)33-19-31-27)22-15-32-34(4)17-22/h5-9,14-19,38H,1,10-13H2,2-4H3/b23-16+,30-20?/t28-/m0/s1. The van der Waals surface area contributed by atoms with Crippen molar-refractivity contribution in [3.63, 3.8) is 0 Å². The maximum absolute atomic E-state index is 11.2. The molecule has 0 radical (unpaired) electrons. The van der Waals surface area contributed by atoms with Crippen LogP contribution in [0.5, 0.6) is 0 Å². The number of aliphatic hydroxyl groups is 1. The minimum Gasteiger partial charge on any atom is -0.381 e. The number of rotatable bonds is 6. The molecule has 3 aromatic heterocycles. The Labute approximate surface area is 227 Å². The Hall–Kier alpha value is -3.95. The van der Waals surface area contributed by atoms with Crippen LogP contribution < -0.4 is 4.90 Å². The van der Waals surface area contributed by atoms with E-state index in [4.69, 9.17) is 11.6 Å². The van der Waals surface area contributed by atoms with Crippen molar-refractivity contribution in [2.75, 3.05) is 31.1 Å². The molecule has 10 heteroatoms. The molecule has 1 aromatic carbocycles. The third-order valence-corrected chi connectivity index (χ3v) is 7.29. The molecule has 1 aliphatic rings. The lowest BCUT2D eigenvalue weighted by Crippen LogP contribution is -2.48. The maximum atomic E-state index is 11.2. The quantitative estimate of drug-likeness (QED) is 0.227. The summed E-state index contributed by atoms with van der Waals surface area (Å²) in [6, 6.07) is 9.26. The number of anilines is 1. The molecule has 196 valence electrons. The number of hydrogen-bond acceptors (Lipinski definition) is 6. The minimum atomic E-state index is -1.24. The normalized spacial score (nSPS) is 16.7. The fraction of sp³-hybridized carbons (Fsp3) is 0.286. The van der Waals surface area contributed by atoms with Gasteiger partial charge < -0.3 is 14.9 Å². The van der Waals surface area contributed by atoms with Crippen LogP contribution >= 0.6 is 11.6 Å². The van der Waals surface area contributed by atoms with Crippen molar-refractivity contribution in [1.29, 1.82) is 0 Å². The number of amidine groups is 1. The predicted octanol–water partition coefficient (Wildman–Crippen LogP) is 4.30. The van der Waals surface area contributed by atoms with Crippen LogP contribution in [0, 0.1) is 0 Å². The summed E-state index contributed by atoms with van der Waals surface area (Å²) in [6.45, 7) is 10.8. The molecule has 5 rings (SSSR count). The summed E-state index contributed by atoms with van der Waals surface area (Å²) in [4.78, 5) is 13.8. The first-order valence-corrected chi connectivity index (χ1v) is 12.8. The average molecular weight is 531 g/mol. The Balaban J connectivity index is 1.29. The van der Waals surface area contributed by atoms with E-state index in [2.05, 4.69) is 42.6 Å². The van der Waals surface area contributed by atoms with Crippen molar-refractivity contribution in [3.8, 4) is 11.1 Å². The molecule has 38 heavy (non-hydrogen) atoms. The van der Waals surface area contributed by atoms with Gasteiger partial charge in [-0.2, -0.15) is 10.2 Å². The van der Waals surface area contributed by atoms with E-state index >= 15 is 0 Å². The highest BCUT2D eigenvalue weighted by atomic mass is 35.5. The lowest BCUT2D eigenvalue weighted by molar-refractivity contribution is 0.101. The molecule has 1 saturated heterocycles. The number of hydrogen-bond donors (Lipinski definition) is 1. The number of piperazine rings is 1. The molecule has 0 unspecified atom stereocenters. The molecule has 0 saturated carbocycles. The molecule has 0 aliphatic carbocycles. The number of aryl methyl sites for hydroxylation is 1. The van der Waals surface area contributed by atoms with Crippen LogP contribution in [0.2, 0.25) is 5.02 Å². The molecule has 4 aromatic rings. The van der Waals surface area contributed by atoms with Crippen LogP contribution in [0.1, 0.15) is 19.4 Å². The van der Waals surface area contributed by atoms with E-state index in [0.717, 1.165) is 60.0 Å². The molecule has 1 fully saturated rings. The van der Waals surface area contributed by atoms with Gasteiger partial charge in [-0.25, -0.2) is 14.5 Å². The highest BCUT2D eigenvalue weighted by Crippen LogP contribution is 2.31. The van der Waals surface area contributed by atoms with Gasteiger partial charge in [0.25, 0.3) is 0 Å². The first-order valence-electron chi connectivity index (χ1n) is 12.4. The van der Waals surface area contributed by atoms with Gasteiger partial charge in [0.15, 0.2) is 5.82 Å². The third kappa shape index (κ3) is 5.07. The zero-order valence-electron chi connectivity index (χ0n) is 21.8. The fourth-order valence-electron chi connectivity index (χ4n) is 4.69. The Bertz CT molecular complexity index is 1510. The number of aliphatic imine (C=N–C) groups is 1. The zero-order chi connectivity index (χ0) is 26.9. The molecule has 4 heterocycles. The van der Waals surface area contributed by atoms with Crippen molar-refractivity contribution in [3.05, 3.63) is 90.3 Å². The molecule has 1 atom stereocenters. The lowest BCUT2D eigenvalue weighted by Gasteiger charge is -2.36. The number of aromatic nitrogens is 5. The second kappa shape index (κ2) is 10.4. The summed E-state index contributed by atoms with van der Waals surface area (Å²) < 4.78 is 3.66. The number of benzene rings is 1. The Kier molecular flexibility index (Phi) is 7.05. The molecule has 0 bridgehead atoms. The predicted molar refractivity (Wildman–Crippen MR) is 151 cm³/mol. The van der Waals surface area contributed by atoms with E-state index in [1.165, 1.54) is 0 Å². The van der Waals surface area contributed by atoms with Crippen molar-refractivity contribution in [2.24, 2.45) is 12.0 Å². The van der Waals surface area contributed by atoms with E-state index in [1.54, 1.807) is 42.3 Å². The van der Waals surface area contributed by atoms with Crippen LogP contribution in [0.3, 0.4) is 0 Å². The largest absolute Gasteiger partial charge is 0.381 e. The fourth-order valence-corrected chi connectivity index (χ4v) is 4.82. The molecule has 0 spiro atoms. The molecule has 1 N–H and O–H groups in total. The van der Waals surface area contributed by atoms with Crippen molar-refractivity contribution in [1.82, 2.24) is 29.3 Å². The van der Waals surface area contributed by atoms with E-state index < -0.39 is 5.60 Å². The monoisotopic (exact) mass is 530 g/mol. The van der Waals surface area contributed by atoms with Crippen LogP contribution in [-0.2, 0) is 12.6 Å². The summed E-state index contributed by atoms with van der Waals surface area (Å²) in [6.07, 6.45) is 10.8. The van der Waals surface area contributed by atoms with Gasteiger partial charge in [0, 0.05) is 73.5 Å². The smallest absolute Gasteiger partial charge is 0.156 e. The van der Waals surface area contributed by atoms with Crippen molar-refractivity contribution < 1.29 is 5.11 Å². The zero-order valence-corrected chi connectivity index (χ0v) is 22.5. The van der Waals surface area contributed by atoms with E-state index in [0.29, 0.717) is 10.6 Å². The second-order valence-corrected chi connectivity index (χ2v) is 10.00. The maximum Gasteiger partial charge on any atom is 0.156 e. The first kappa shape index (κ1) is 25.7. The number of fused-ring (bicyclic) bond motifs is 1. The van der Waals surface area contributed by atoms with E-state index in [-0.39, 0.29) is 0 Å². The molecule has 1 aliphatic heterocycles. The Morgan fingerprint density at radius 3 is 2.50 bits per heavy atom. The summed E-state index contributed by atoms with van der Waals surface area (Å²) in [5, 5.41) is 20.5. The highest BCUT2D eigenvalue weighted by molar-refractivity contribution is 6.30. The van der Waals surface area contributed by atoms with Gasteiger partial charge in [0.05, 0.1) is 6.20 Å². The van der Waals surface area contributed by atoms with Gasteiger partial charge in [-0.15, -0.1) is 0 Å². The number of halogens is 1. The van der Waals surface area contributed by atoms with Gasteiger partial charge in [-0.05, 0) is 37.6 Å². The van der Waals surface area contributed by atoms with Gasteiger partial charge in [-0.1, -0.05) is 36.4 Å². The van der Waals surface area contributed by atoms with E-state index in [1.807, 2.05) is 49.2 Å². The van der Waals surface area contributed by atoms with Crippen LogP contribution in [0.4, 0.5) is 5.82 Å². The highest BCUT2D eigenvalue weighted by Gasteiger charge is 2.27. The number of nitrogens with zero attached hydrogens (tertiary/aromatic N) is 8.